The molecule has 5 N–H and O–H groups in total. The first kappa shape index (κ1) is 39.2. The SMILES string of the molecule is C=CCNC(=O)C(=O)C(CC=C)NC(=O)[C@@H]1C2C(CN1C(=O)C1(NC(O)NC3(CS(=O)(=O)CCCC)CCCCC3)C(C)C1(C)C)C2(C)C. The highest BCUT2D eigenvalue weighted by molar-refractivity contribution is 7.91. The van der Waals surface area contributed by atoms with Gasteiger partial charge < -0.3 is 20.6 Å². The van der Waals surface area contributed by atoms with E-state index >= 15 is 0 Å². The van der Waals surface area contributed by atoms with E-state index in [2.05, 4.69) is 48.3 Å². The van der Waals surface area contributed by atoms with Gasteiger partial charge in [0.25, 0.3) is 5.91 Å². The highest BCUT2D eigenvalue weighted by Crippen LogP contribution is 2.67. The second-order valence-corrected chi connectivity index (χ2v) is 18.2. The van der Waals surface area contributed by atoms with Gasteiger partial charge in [0.2, 0.25) is 17.6 Å². The topological polar surface area (TPSA) is 174 Å². The number of hydrogen-bond donors (Lipinski definition) is 5. The highest BCUT2D eigenvalue weighted by Gasteiger charge is 2.78. The molecule has 0 aromatic rings. The molecule has 1 aliphatic heterocycles. The number of aliphatic hydroxyl groups excluding tert-OH is 1. The third-order valence-corrected chi connectivity index (χ3v) is 14.2. The van der Waals surface area contributed by atoms with Gasteiger partial charge in [0.05, 0.1) is 11.5 Å². The van der Waals surface area contributed by atoms with E-state index < -0.39 is 62.4 Å². The number of carbonyl (C=O) groups is 4. The zero-order valence-corrected chi connectivity index (χ0v) is 31.1. The number of carbonyl (C=O) groups excluding carboxylic acids is 4. The molecule has 0 aromatic carbocycles. The van der Waals surface area contributed by atoms with Crippen LogP contribution >= 0.6 is 0 Å². The van der Waals surface area contributed by atoms with Crippen molar-refractivity contribution >= 4 is 33.3 Å². The molecular formula is C36H59N5O7S. The Morgan fingerprint density at radius 1 is 1.02 bits per heavy atom. The first-order valence-electron chi connectivity index (χ1n) is 17.9. The Bertz CT molecular complexity index is 1420. The number of fused-ring (bicyclic) bond motifs is 1. The Morgan fingerprint density at radius 3 is 2.20 bits per heavy atom. The molecule has 6 unspecified atom stereocenters. The Kier molecular flexibility index (Phi) is 11.6. The van der Waals surface area contributed by atoms with Crippen LogP contribution < -0.4 is 21.3 Å². The van der Waals surface area contributed by atoms with Crippen molar-refractivity contribution in [2.24, 2.45) is 28.6 Å². The van der Waals surface area contributed by atoms with Gasteiger partial charge >= 0.3 is 0 Å². The summed E-state index contributed by atoms with van der Waals surface area (Å²) in [7, 11) is -3.38. The van der Waals surface area contributed by atoms with E-state index in [1.165, 1.54) is 12.2 Å². The zero-order valence-electron chi connectivity index (χ0n) is 30.3. The first-order valence-corrected chi connectivity index (χ1v) is 19.8. The summed E-state index contributed by atoms with van der Waals surface area (Å²) in [6, 6.07) is -2.04. The first-order chi connectivity index (χ1) is 22.9. The van der Waals surface area contributed by atoms with Gasteiger partial charge in [-0.1, -0.05) is 79.4 Å². The minimum absolute atomic E-state index is 0.0353. The molecule has 0 bridgehead atoms. The Hall–Kier alpha value is -2.61. The lowest BCUT2D eigenvalue weighted by atomic mass is 9.83. The number of amides is 3. The van der Waals surface area contributed by atoms with Gasteiger partial charge in [0.1, 0.15) is 17.6 Å². The van der Waals surface area contributed by atoms with E-state index in [-0.39, 0.29) is 53.5 Å². The number of likely N-dealkylation sites (tertiary alicyclic amines) is 1. The molecule has 7 atom stereocenters. The Labute approximate surface area is 292 Å². The highest BCUT2D eigenvalue weighted by atomic mass is 32.2. The van der Waals surface area contributed by atoms with E-state index in [4.69, 9.17) is 0 Å². The lowest BCUT2D eigenvalue weighted by molar-refractivity contribution is -0.146. The van der Waals surface area contributed by atoms with E-state index in [9.17, 15) is 32.7 Å². The molecule has 4 aliphatic rings. The van der Waals surface area contributed by atoms with Crippen molar-refractivity contribution < 1.29 is 32.7 Å². The van der Waals surface area contributed by atoms with Gasteiger partial charge in [-0.25, -0.2) is 8.42 Å². The Balaban J connectivity index is 1.57. The summed E-state index contributed by atoms with van der Waals surface area (Å²) in [4.78, 5) is 55.9. The van der Waals surface area contributed by atoms with Crippen molar-refractivity contribution in [1.82, 2.24) is 26.2 Å². The molecule has 4 fully saturated rings. The molecule has 0 aromatic heterocycles. The van der Waals surface area contributed by atoms with Crippen LogP contribution in [0.5, 0.6) is 0 Å². The fourth-order valence-electron chi connectivity index (χ4n) is 8.90. The summed E-state index contributed by atoms with van der Waals surface area (Å²) >= 11 is 0. The van der Waals surface area contributed by atoms with Gasteiger partial charge in [-0.3, -0.25) is 29.8 Å². The summed E-state index contributed by atoms with van der Waals surface area (Å²) in [6.07, 6.45) is 6.77. The van der Waals surface area contributed by atoms with Crippen LogP contribution in [-0.2, 0) is 29.0 Å². The molecule has 49 heavy (non-hydrogen) atoms. The zero-order chi connectivity index (χ0) is 36.6. The van der Waals surface area contributed by atoms with Crippen LogP contribution in [-0.4, -0.2) is 96.0 Å². The van der Waals surface area contributed by atoms with Gasteiger partial charge in [-0.15, -0.1) is 13.2 Å². The van der Waals surface area contributed by atoms with Crippen LogP contribution in [0.4, 0.5) is 0 Å². The van der Waals surface area contributed by atoms with Crippen LogP contribution in [0.25, 0.3) is 0 Å². The third-order valence-electron chi connectivity index (χ3n) is 12.3. The van der Waals surface area contributed by atoms with Crippen molar-refractivity contribution in [3.63, 3.8) is 0 Å². The predicted octanol–water partition coefficient (Wildman–Crippen LogP) is 2.19. The van der Waals surface area contributed by atoms with Crippen LogP contribution in [0.15, 0.2) is 25.3 Å². The molecule has 12 nitrogen and oxygen atoms in total. The van der Waals surface area contributed by atoms with Crippen molar-refractivity contribution in [3.05, 3.63) is 25.3 Å². The number of nitrogens with zero attached hydrogens (tertiary/aromatic N) is 1. The molecular weight excluding hydrogens is 646 g/mol. The fourth-order valence-corrected chi connectivity index (χ4v) is 11.0. The molecule has 3 amide bonds. The lowest BCUT2D eigenvalue weighted by Gasteiger charge is -2.41. The van der Waals surface area contributed by atoms with Crippen LogP contribution in [0.2, 0.25) is 0 Å². The van der Waals surface area contributed by atoms with Crippen molar-refractivity contribution in [3.8, 4) is 0 Å². The minimum atomic E-state index is -3.38. The molecule has 3 aliphatic carbocycles. The molecule has 4 rings (SSSR count). The van der Waals surface area contributed by atoms with Crippen molar-refractivity contribution in [2.75, 3.05) is 24.6 Å². The van der Waals surface area contributed by atoms with E-state index in [1.54, 1.807) is 4.90 Å². The van der Waals surface area contributed by atoms with E-state index in [0.717, 1.165) is 25.7 Å². The fraction of sp³-hybridized carbons (Fsp3) is 0.778. The van der Waals surface area contributed by atoms with E-state index in [0.29, 0.717) is 25.8 Å². The maximum absolute atomic E-state index is 14.8. The summed E-state index contributed by atoms with van der Waals surface area (Å²) in [5.41, 5.74) is -2.87. The standard InChI is InChI=1S/C36H59N5O7S/c1-9-12-20-49(47,48)22-35(17-14-13-15-18-35)39-32(46)40-36(23(4)34(36,7)8)31(45)41-21-24-26(33(24,5)6)27(41)29(43)38-25(16-10-2)28(42)30(44)37-19-11-3/h10-11,23-27,32,39-40,46H,2-3,9,12-22H2,1,4-8H3,(H,37,44)(H,38,43)/t23?,24?,25?,26?,27-,32?,36?/m0/s1. The van der Waals surface area contributed by atoms with Gasteiger partial charge in [-0.2, -0.15) is 0 Å². The van der Waals surface area contributed by atoms with Crippen LogP contribution in [0, 0.1) is 28.6 Å². The number of unbranched alkanes of at least 4 members (excludes halogenated alkanes) is 1. The number of aliphatic hydroxyl groups is 1. The molecule has 13 heteroatoms. The van der Waals surface area contributed by atoms with Gasteiger partial charge in [0.15, 0.2) is 16.2 Å². The number of nitrogens with one attached hydrogen (secondary N) is 4. The smallest absolute Gasteiger partial charge is 0.289 e. The third kappa shape index (κ3) is 7.55. The summed E-state index contributed by atoms with van der Waals surface area (Å²) in [6.45, 7) is 19.5. The van der Waals surface area contributed by atoms with E-state index in [1.807, 2.05) is 27.7 Å². The van der Waals surface area contributed by atoms with Crippen molar-refractivity contribution in [1.29, 1.82) is 0 Å². The maximum atomic E-state index is 14.8. The number of hydrogen-bond acceptors (Lipinski definition) is 9. The predicted molar refractivity (Wildman–Crippen MR) is 189 cm³/mol. The second-order valence-electron chi connectivity index (χ2n) is 16.0. The number of sulfone groups is 1. The number of rotatable bonds is 18. The largest absolute Gasteiger partial charge is 0.365 e. The van der Waals surface area contributed by atoms with Gasteiger partial charge in [-0.05, 0) is 54.3 Å². The lowest BCUT2D eigenvalue weighted by Crippen LogP contribution is -2.66. The number of piperidine rings is 1. The summed E-state index contributed by atoms with van der Waals surface area (Å²) < 4.78 is 26.2. The Morgan fingerprint density at radius 2 is 1.65 bits per heavy atom. The molecule has 0 spiro atoms. The average Bonchev–Trinajstić information content (AvgIpc) is 3.56. The molecule has 1 saturated heterocycles. The van der Waals surface area contributed by atoms with Crippen LogP contribution in [0.1, 0.15) is 92.9 Å². The quantitative estimate of drug-likeness (QED) is 0.0814. The monoisotopic (exact) mass is 705 g/mol. The molecule has 1 heterocycles. The van der Waals surface area contributed by atoms with Gasteiger partial charge in [0, 0.05) is 18.6 Å². The number of ketones is 1. The summed E-state index contributed by atoms with van der Waals surface area (Å²) in [5, 5.41) is 23.2. The molecule has 276 valence electrons. The molecule has 0 radical (unpaired) electrons. The normalized spacial score (nSPS) is 30.3. The van der Waals surface area contributed by atoms with Crippen LogP contribution in [0.3, 0.4) is 0 Å². The summed E-state index contributed by atoms with van der Waals surface area (Å²) in [5.74, 6) is -2.79. The average molecular weight is 706 g/mol. The maximum Gasteiger partial charge on any atom is 0.289 e. The molecule has 3 saturated carbocycles. The second kappa shape index (κ2) is 14.6. The minimum Gasteiger partial charge on any atom is -0.365 e. The number of Topliss-reactive ketones (excluding diaryl/α,β-unsaturated/α-hetero) is 1. The van der Waals surface area contributed by atoms with Crippen molar-refractivity contribution in [2.45, 2.75) is 122 Å².